The predicted octanol–water partition coefficient (Wildman–Crippen LogP) is 8.51. The maximum Gasteiger partial charge on any atom is 0.0702 e. The summed E-state index contributed by atoms with van der Waals surface area (Å²) in [6.45, 7) is 0. The van der Waals surface area contributed by atoms with Crippen LogP contribution in [0.15, 0.2) is 137 Å². The summed E-state index contributed by atoms with van der Waals surface area (Å²) < 4.78 is 0. The maximum absolute atomic E-state index is 3.71. The number of rotatable bonds is 2. The molecule has 1 aliphatic heterocycles. The van der Waals surface area contributed by atoms with Gasteiger partial charge in [-0.25, -0.2) is 0 Å². The highest BCUT2D eigenvalue weighted by atomic mass is 32.2. The van der Waals surface area contributed by atoms with Gasteiger partial charge in [-0.1, -0.05) is 109 Å². The predicted molar refractivity (Wildman–Crippen MR) is 143 cm³/mol. The maximum atomic E-state index is 3.71. The average molecular weight is 454 g/mol. The fourth-order valence-corrected chi connectivity index (χ4v) is 7.15. The van der Waals surface area contributed by atoms with Gasteiger partial charge in [-0.2, -0.15) is 0 Å². The zero-order valence-corrected chi connectivity index (χ0v) is 19.5. The standard InChI is InChI=1S/C32H23NS/c1-3-12-22(13-4-1)33-29-20-11-19-28-31(29)34-30-21-10-9-18-27(30)32(28)25-16-6-2-5-14-23(25)24-15-7-8-17-26(24)32/h1-15,17-21,33H,16H2. The van der Waals surface area contributed by atoms with Crippen molar-refractivity contribution in [1.29, 1.82) is 0 Å². The summed E-state index contributed by atoms with van der Waals surface area (Å²) in [6.07, 6.45) is 9.93. The summed E-state index contributed by atoms with van der Waals surface area (Å²) in [4.78, 5) is 2.64. The molecule has 1 heterocycles. The van der Waals surface area contributed by atoms with Crippen molar-refractivity contribution in [1.82, 2.24) is 0 Å². The molecule has 7 rings (SSSR count). The Labute approximate surface area is 204 Å². The SMILES string of the molecule is C1=CCC2=C(C=C1)c1ccccc1C21c2ccccc2Sc2c(Nc3ccccc3)cccc21. The highest BCUT2D eigenvalue weighted by molar-refractivity contribution is 7.99. The third-order valence-corrected chi connectivity index (χ3v) is 8.43. The van der Waals surface area contributed by atoms with Gasteiger partial charge in [0.25, 0.3) is 0 Å². The van der Waals surface area contributed by atoms with Crippen molar-refractivity contribution in [2.75, 3.05) is 5.32 Å². The van der Waals surface area contributed by atoms with E-state index in [1.165, 1.54) is 43.2 Å². The largest absolute Gasteiger partial charge is 0.355 e. The van der Waals surface area contributed by atoms with E-state index in [-0.39, 0.29) is 5.41 Å². The van der Waals surface area contributed by atoms with Crippen LogP contribution in [0.4, 0.5) is 11.4 Å². The summed E-state index contributed by atoms with van der Waals surface area (Å²) in [6, 6.07) is 35.2. The lowest BCUT2D eigenvalue weighted by Crippen LogP contribution is -2.33. The fraction of sp³-hybridized carbons (Fsp3) is 0.0625. The quantitative estimate of drug-likeness (QED) is 0.326. The van der Waals surface area contributed by atoms with E-state index in [1.807, 2.05) is 11.8 Å². The molecule has 162 valence electrons. The van der Waals surface area contributed by atoms with Crippen LogP contribution in [0.1, 0.15) is 28.7 Å². The topological polar surface area (TPSA) is 12.0 Å². The van der Waals surface area contributed by atoms with Gasteiger partial charge in [0.05, 0.1) is 11.1 Å². The smallest absolute Gasteiger partial charge is 0.0702 e. The van der Waals surface area contributed by atoms with Crippen LogP contribution < -0.4 is 5.32 Å². The van der Waals surface area contributed by atoms with Gasteiger partial charge in [-0.15, -0.1) is 0 Å². The molecule has 34 heavy (non-hydrogen) atoms. The Hall–Kier alpha value is -3.75. The molecule has 0 saturated carbocycles. The Morgan fingerprint density at radius 1 is 0.676 bits per heavy atom. The van der Waals surface area contributed by atoms with Crippen LogP contribution in [0, 0.1) is 0 Å². The molecule has 4 aromatic rings. The molecule has 4 aromatic carbocycles. The monoisotopic (exact) mass is 453 g/mol. The Bertz CT molecular complexity index is 1530. The summed E-state index contributed by atoms with van der Waals surface area (Å²) in [5.74, 6) is 0. The molecule has 0 saturated heterocycles. The van der Waals surface area contributed by atoms with Crippen molar-refractivity contribution in [2.45, 2.75) is 21.6 Å². The molecule has 1 N–H and O–H groups in total. The molecule has 3 aliphatic rings. The normalized spacial score (nSPS) is 19.3. The first kappa shape index (κ1) is 19.7. The number of fused-ring (bicyclic) bond motifs is 8. The molecule has 0 aromatic heterocycles. The minimum absolute atomic E-state index is 0.295. The lowest BCUT2D eigenvalue weighted by atomic mass is 9.65. The van der Waals surface area contributed by atoms with Gasteiger partial charge >= 0.3 is 0 Å². The Balaban J connectivity index is 1.56. The van der Waals surface area contributed by atoms with Crippen LogP contribution in [0.3, 0.4) is 0 Å². The van der Waals surface area contributed by atoms with Crippen molar-refractivity contribution in [3.8, 4) is 0 Å². The van der Waals surface area contributed by atoms with Crippen LogP contribution >= 0.6 is 11.8 Å². The number of anilines is 2. The number of nitrogens with one attached hydrogen (secondary N) is 1. The van der Waals surface area contributed by atoms with E-state index in [0.29, 0.717) is 0 Å². The van der Waals surface area contributed by atoms with Crippen molar-refractivity contribution in [2.24, 2.45) is 0 Å². The van der Waals surface area contributed by atoms with E-state index in [4.69, 9.17) is 0 Å². The molecule has 1 nitrogen and oxygen atoms in total. The Kier molecular flexibility index (Phi) is 4.43. The molecule has 0 amide bonds. The van der Waals surface area contributed by atoms with Crippen LogP contribution in [0.25, 0.3) is 5.57 Å². The molecular formula is C32H23NS. The summed E-state index contributed by atoms with van der Waals surface area (Å²) in [5.41, 5.74) is 10.3. The first-order valence-corrected chi connectivity index (χ1v) is 12.6. The van der Waals surface area contributed by atoms with Crippen molar-refractivity contribution >= 4 is 28.7 Å². The van der Waals surface area contributed by atoms with E-state index in [9.17, 15) is 0 Å². The Morgan fingerprint density at radius 3 is 2.35 bits per heavy atom. The first-order chi connectivity index (χ1) is 16.9. The first-order valence-electron chi connectivity index (χ1n) is 11.8. The summed E-state index contributed by atoms with van der Waals surface area (Å²) >= 11 is 1.89. The third kappa shape index (κ3) is 2.69. The van der Waals surface area contributed by atoms with Crippen LogP contribution in [0.5, 0.6) is 0 Å². The van der Waals surface area contributed by atoms with Gasteiger partial charge < -0.3 is 5.32 Å². The molecule has 1 unspecified atom stereocenters. The van der Waals surface area contributed by atoms with Crippen molar-refractivity contribution in [3.63, 3.8) is 0 Å². The van der Waals surface area contributed by atoms with Gasteiger partial charge in [0.1, 0.15) is 0 Å². The summed E-state index contributed by atoms with van der Waals surface area (Å²) in [5, 5.41) is 3.71. The molecular weight excluding hydrogens is 430 g/mol. The van der Waals surface area contributed by atoms with E-state index in [2.05, 4.69) is 127 Å². The highest BCUT2D eigenvalue weighted by Gasteiger charge is 2.51. The van der Waals surface area contributed by atoms with E-state index < -0.39 is 0 Å². The zero-order valence-electron chi connectivity index (χ0n) is 18.7. The van der Waals surface area contributed by atoms with Gasteiger partial charge in [0, 0.05) is 15.5 Å². The van der Waals surface area contributed by atoms with E-state index in [0.717, 1.165) is 17.8 Å². The second-order valence-corrected chi connectivity index (χ2v) is 10.0. The van der Waals surface area contributed by atoms with Crippen LogP contribution in [-0.2, 0) is 5.41 Å². The molecule has 2 aliphatic carbocycles. The zero-order chi connectivity index (χ0) is 22.5. The van der Waals surface area contributed by atoms with Gasteiger partial charge in [0.15, 0.2) is 0 Å². The molecule has 1 spiro atoms. The number of benzene rings is 4. The fourth-order valence-electron chi connectivity index (χ4n) is 5.90. The van der Waals surface area contributed by atoms with Gasteiger partial charge in [-0.05, 0) is 64.1 Å². The number of para-hydroxylation sites is 1. The second-order valence-electron chi connectivity index (χ2n) is 8.95. The van der Waals surface area contributed by atoms with E-state index >= 15 is 0 Å². The molecule has 0 bridgehead atoms. The number of allylic oxidation sites excluding steroid dienone is 6. The molecule has 0 fully saturated rings. The van der Waals surface area contributed by atoms with E-state index in [1.54, 1.807) is 0 Å². The van der Waals surface area contributed by atoms with Crippen molar-refractivity contribution < 1.29 is 0 Å². The van der Waals surface area contributed by atoms with Crippen LogP contribution in [-0.4, -0.2) is 0 Å². The minimum Gasteiger partial charge on any atom is -0.355 e. The van der Waals surface area contributed by atoms with Crippen molar-refractivity contribution in [3.05, 3.63) is 149 Å². The van der Waals surface area contributed by atoms with Crippen LogP contribution in [0.2, 0.25) is 0 Å². The van der Waals surface area contributed by atoms with Gasteiger partial charge in [0.2, 0.25) is 0 Å². The summed E-state index contributed by atoms with van der Waals surface area (Å²) in [7, 11) is 0. The lowest BCUT2D eigenvalue weighted by Gasteiger charge is -2.41. The average Bonchev–Trinajstić information content (AvgIpc) is 3.01. The molecule has 1 atom stereocenters. The third-order valence-electron chi connectivity index (χ3n) is 7.21. The van der Waals surface area contributed by atoms with Gasteiger partial charge in [-0.3, -0.25) is 0 Å². The molecule has 0 radical (unpaired) electrons. The lowest BCUT2D eigenvalue weighted by molar-refractivity contribution is 0.687. The minimum atomic E-state index is -0.295. The highest BCUT2D eigenvalue weighted by Crippen LogP contribution is 2.63. The second kappa shape index (κ2) is 7.65. The number of hydrogen-bond acceptors (Lipinski definition) is 2. The number of hydrogen-bond donors (Lipinski definition) is 1. The molecule has 2 heteroatoms. The Morgan fingerprint density at radius 2 is 1.44 bits per heavy atom.